The Bertz CT molecular complexity index is 1120. The van der Waals surface area contributed by atoms with Gasteiger partial charge in [0.1, 0.15) is 5.65 Å². The van der Waals surface area contributed by atoms with Gasteiger partial charge in [0.05, 0.1) is 11.4 Å². The Morgan fingerprint density at radius 1 is 1.07 bits per heavy atom. The van der Waals surface area contributed by atoms with Crippen molar-refractivity contribution in [1.82, 2.24) is 25.2 Å². The number of nitrogens with zero attached hydrogens (tertiary/aromatic N) is 3. The molecule has 1 atom stereocenters. The predicted octanol–water partition coefficient (Wildman–Crippen LogP) is 4.09. The molecule has 5 rings (SSSR count). The monoisotopic (exact) mass is 383 g/mol. The number of nitrogens with one attached hydrogen (secondary N) is 2. The molecule has 146 valence electrons. The van der Waals surface area contributed by atoms with Crippen molar-refractivity contribution in [2.75, 3.05) is 20.1 Å². The second-order valence-electron chi connectivity index (χ2n) is 7.73. The van der Waals surface area contributed by atoms with Gasteiger partial charge in [0.25, 0.3) is 0 Å². The first-order chi connectivity index (χ1) is 14.3. The molecule has 1 unspecified atom stereocenters. The standard InChI is InChI=1S/C24H25N5/c1-25-20-10-11-29(15-20)16-21-8-5-9-22(27-21)19-12-18-13-23(28-24(18)26-14-19)17-6-3-2-4-7-17/h2-9,12-14,20,25H,10-11,15-16H2,1H3,(H,26,28). The van der Waals surface area contributed by atoms with Crippen LogP contribution in [0, 0.1) is 0 Å². The zero-order chi connectivity index (χ0) is 19.6. The summed E-state index contributed by atoms with van der Waals surface area (Å²) >= 11 is 0. The minimum atomic E-state index is 0.595. The molecule has 5 heteroatoms. The molecule has 0 saturated carbocycles. The molecular formula is C24H25N5. The fourth-order valence-electron chi connectivity index (χ4n) is 4.10. The molecule has 0 radical (unpaired) electrons. The zero-order valence-electron chi connectivity index (χ0n) is 16.6. The number of rotatable bonds is 5. The van der Waals surface area contributed by atoms with E-state index in [0.29, 0.717) is 6.04 Å². The van der Waals surface area contributed by atoms with Crippen molar-refractivity contribution in [3.63, 3.8) is 0 Å². The van der Waals surface area contributed by atoms with Crippen LogP contribution in [0.25, 0.3) is 33.5 Å². The molecule has 1 aromatic carbocycles. The molecule has 4 heterocycles. The summed E-state index contributed by atoms with van der Waals surface area (Å²) in [6.45, 7) is 3.10. The van der Waals surface area contributed by atoms with Gasteiger partial charge in [-0.15, -0.1) is 0 Å². The van der Waals surface area contributed by atoms with Crippen LogP contribution in [-0.2, 0) is 6.54 Å². The molecule has 1 saturated heterocycles. The average molecular weight is 383 g/mol. The molecule has 3 aromatic heterocycles. The maximum absolute atomic E-state index is 4.92. The lowest BCUT2D eigenvalue weighted by molar-refractivity contribution is 0.318. The van der Waals surface area contributed by atoms with Gasteiger partial charge in [-0.3, -0.25) is 9.88 Å². The Labute approximate surface area is 170 Å². The molecule has 2 N–H and O–H groups in total. The van der Waals surface area contributed by atoms with E-state index in [1.807, 2.05) is 31.4 Å². The van der Waals surface area contributed by atoms with Gasteiger partial charge in [0.2, 0.25) is 0 Å². The summed E-state index contributed by atoms with van der Waals surface area (Å²) in [6, 6.07) is 21.5. The Morgan fingerprint density at radius 2 is 1.97 bits per heavy atom. The molecule has 5 nitrogen and oxygen atoms in total. The van der Waals surface area contributed by atoms with Gasteiger partial charge in [0, 0.05) is 48.5 Å². The first-order valence-electron chi connectivity index (χ1n) is 10.2. The number of hydrogen-bond acceptors (Lipinski definition) is 4. The number of hydrogen-bond donors (Lipinski definition) is 2. The topological polar surface area (TPSA) is 56.8 Å². The molecule has 0 bridgehead atoms. The minimum Gasteiger partial charge on any atom is -0.339 e. The van der Waals surface area contributed by atoms with E-state index in [2.05, 4.69) is 62.6 Å². The summed E-state index contributed by atoms with van der Waals surface area (Å²) in [7, 11) is 2.04. The van der Waals surface area contributed by atoms with Crippen molar-refractivity contribution in [3.05, 3.63) is 72.6 Å². The molecule has 1 aliphatic heterocycles. The summed E-state index contributed by atoms with van der Waals surface area (Å²) in [5.41, 5.74) is 6.28. The van der Waals surface area contributed by atoms with Crippen LogP contribution in [0.3, 0.4) is 0 Å². The van der Waals surface area contributed by atoms with Crippen LogP contribution in [0.2, 0.25) is 0 Å². The number of aromatic nitrogens is 3. The maximum Gasteiger partial charge on any atom is 0.137 e. The largest absolute Gasteiger partial charge is 0.339 e. The van der Waals surface area contributed by atoms with Crippen LogP contribution in [0.15, 0.2) is 66.9 Å². The summed E-state index contributed by atoms with van der Waals surface area (Å²) in [4.78, 5) is 15.4. The number of H-pyrrole nitrogens is 1. The minimum absolute atomic E-state index is 0.595. The Balaban J connectivity index is 1.40. The third-order valence-corrected chi connectivity index (χ3v) is 5.72. The highest BCUT2D eigenvalue weighted by atomic mass is 15.2. The normalized spacial score (nSPS) is 17.2. The third-order valence-electron chi connectivity index (χ3n) is 5.72. The molecule has 0 spiro atoms. The Morgan fingerprint density at radius 3 is 2.79 bits per heavy atom. The van der Waals surface area contributed by atoms with E-state index in [4.69, 9.17) is 4.98 Å². The van der Waals surface area contributed by atoms with Gasteiger partial charge in [-0.25, -0.2) is 4.98 Å². The number of aromatic amines is 1. The summed E-state index contributed by atoms with van der Waals surface area (Å²) < 4.78 is 0. The van der Waals surface area contributed by atoms with E-state index in [9.17, 15) is 0 Å². The van der Waals surface area contributed by atoms with E-state index in [-0.39, 0.29) is 0 Å². The Kier molecular flexibility index (Phi) is 4.84. The van der Waals surface area contributed by atoms with Crippen molar-refractivity contribution in [2.24, 2.45) is 0 Å². The van der Waals surface area contributed by atoms with Crippen molar-refractivity contribution in [2.45, 2.75) is 19.0 Å². The number of likely N-dealkylation sites (N-methyl/N-ethyl adjacent to an activating group) is 1. The number of fused-ring (bicyclic) bond motifs is 1. The van der Waals surface area contributed by atoms with Crippen molar-refractivity contribution in [3.8, 4) is 22.5 Å². The fraction of sp³-hybridized carbons (Fsp3) is 0.250. The second kappa shape index (κ2) is 7.78. The van der Waals surface area contributed by atoms with E-state index < -0.39 is 0 Å². The lowest BCUT2D eigenvalue weighted by Gasteiger charge is -2.15. The van der Waals surface area contributed by atoms with Gasteiger partial charge >= 0.3 is 0 Å². The molecule has 0 aliphatic carbocycles. The quantitative estimate of drug-likeness (QED) is 0.545. The van der Waals surface area contributed by atoms with Crippen LogP contribution in [0.5, 0.6) is 0 Å². The highest BCUT2D eigenvalue weighted by Gasteiger charge is 2.21. The van der Waals surface area contributed by atoms with E-state index in [1.165, 1.54) is 6.42 Å². The number of benzene rings is 1. The first-order valence-corrected chi connectivity index (χ1v) is 10.2. The van der Waals surface area contributed by atoms with Crippen molar-refractivity contribution >= 4 is 11.0 Å². The molecular weight excluding hydrogens is 358 g/mol. The summed E-state index contributed by atoms with van der Waals surface area (Å²) in [5.74, 6) is 0. The highest BCUT2D eigenvalue weighted by Crippen LogP contribution is 2.26. The molecule has 29 heavy (non-hydrogen) atoms. The van der Waals surface area contributed by atoms with Crippen molar-refractivity contribution in [1.29, 1.82) is 0 Å². The SMILES string of the molecule is CNC1CCN(Cc2cccc(-c3cnc4[nH]c(-c5ccccc5)cc4c3)n2)C1. The van der Waals surface area contributed by atoms with Crippen LogP contribution < -0.4 is 5.32 Å². The number of pyridine rings is 2. The molecule has 0 amide bonds. The van der Waals surface area contributed by atoms with Gasteiger partial charge in [-0.05, 0) is 43.3 Å². The fourth-order valence-corrected chi connectivity index (χ4v) is 4.10. The molecule has 1 aliphatic rings. The molecule has 1 fully saturated rings. The third kappa shape index (κ3) is 3.79. The van der Waals surface area contributed by atoms with Gasteiger partial charge in [-0.2, -0.15) is 0 Å². The summed E-state index contributed by atoms with van der Waals surface area (Å²) in [6.07, 6.45) is 3.11. The highest BCUT2D eigenvalue weighted by molar-refractivity contribution is 5.86. The van der Waals surface area contributed by atoms with E-state index >= 15 is 0 Å². The predicted molar refractivity (Wildman–Crippen MR) is 118 cm³/mol. The lowest BCUT2D eigenvalue weighted by atomic mass is 10.1. The van der Waals surface area contributed by atoms with E-state index in [0.717, 1.165) is 58.9 Å². The molecule has 4 aromatic rings. The smallest absolute Gasteiger partial charge is 0.137 e. The van der Waals surface area contributed by atoms with E-state index in [1.54, 1.807) is 0 Å². The van der Waals surface area contributed by atoms with Crippen LogP contribution >= 0.6 is 0 Å². The Hall–Kier alpha value is -3.02. The second-order valence-corrected chi connectivity index (χ2v) is 7.73. The van der Waals surface area contributed by atoms with Crippen LogP contribution in [-0.4, -0.2) is 46.0 Å². The van der Waals surface area contributed by atoms with Gasteiger partial charge in [0.15, 0.2) is 0 Å². The lowest BCUT2D eigenvalue weighted by Crippen LogP contribution is -2.29. The zero-order valence-corrected chi connectivity index (χ0v) is 16.6. The maximum atomic E-state index is 4.92. The van der Waals surface area contributed by atoms with Crippen molar-refractivity contribution < 1.29 is 0 Å². The average Bonchev–Trinajstić information content (AvgIpc) is 3.40. The van der Waals surface area contributed by atoms with Gasteiger partial charge in [-0.1, -0.05) is 36.4 Å². The van der Waals surface area contributed by atoms with Crippen LogP contribution in [0.4, 0.5) is 0 Å². The number of likely N-dealkylation sites (tertiary alicyclic amines) is 1. The van der Waals surface area contributed by atoms with Gasteiger partial charge < -0.3 is 10.3 Å². The summed E-state index contributed by atoms with van der Waals surface area (Å²) in [5, 5.41) is 4.48. The first kappa shape index (κ1) is 18.0. The van der Waals surface area contributed by atoms with Crippen LogP contribution in [0.1, 0.15) is 12.1 Å².